The normalized spacial score (nSPS) is 18.3. The number of nitrogens with zero attached hydrogens (tertiary/aromatic N) is 2. The van der Waals surface area contributed by atoms with Gasteiger partial charge in [0.1, 0.15) is 6.54 Å². The molecule has 14 heavy (non-hydrogen) atoms. The highest BCUT2D eigenvalue weighted by atomic mass is 16.2. The topological polar surface area (TPSA) is 66.6 Å². The first-order chi connectivity index (χ1) is 6.56. The van der Waals surface area contributed by atoms with Gasteiger partial charge in [-0.1, -0.05) is 0 Å². The first-order valence-electron chi connectivity index (χ1n) is 4.83. The predicted molar refractivity (Wildman–Crippen MR) is 52.5 cm³/mol. The Morgan fingerprint density at radius 2 is 1.93 bits per heavy atom. The molecular formula is C9H17N3O2. The Kier molecular flexibility index (Phi) is 3.46. The lowest BCUT2D eigenvalue weighted by atomic mass is 10.2. The van der Waals surface area contributed by atoms with E-state index < -0.39 is 0 Å². The van der Waals surface area contributed by atoms with Crippen LogP contribution in [0.2, 0.25) is 0 Å². The number of piperazine rings is 1. The molecule has 0 aromatic rings. The van der Waals surface area contributed by atoms with E-state index in [-0.39, 0.29) is 30.9 Å². The molecule has 1 fully saturated rings. The molecule has 1 aliphatic heterocycles. The summed E-state index contributed by atoms with van der Waals surface area (Å²) in [6.07, 6.45) is 0. The van der Waals surface area contributed by atoms with Crippen molar-refractivity contribution in [2.45, 2.75) is 19.9 Å². The zero-order valence-electron chi connectivity index (χ0n) is 8.69. The van der Waals surface area contributed by atoms with Crippen molar-refractivity contribution in [3.63, 3.8) is 0 Å². The molecule has 0 spiro atoms. The van der Waals surface area contributed by atoms with Gasteiger partial charge in [0.15, 0.2) is 0 Å². The van der Waals surface area contributed by atoms with Crippen molar-refractivity contribution in [1.82, 2.24) is 9.80 Å². The van der Waals surface area contributed by atoms with E-state index in [4.69, 9.17) is 5.73 Å². The molecule has 0 atom stereocenters. The Hall–Kier alpha value is -1.10. The van der Waals surface area contributed by atoms with Gasteiger partial charge in [0, 0.05) is 19.1 Å². The van der Waals surface area contributed by atoms with Crippen LogP contribution in [0.3, 0.4) is 0 Å². The maximum absolute atomic E-state index is 11.6. The fraction of sp³-hybridized carbons (Fsp3) is 0.778. The Labute approximate surface area is 83.8 Å². The van der Waals surface area contributed by atoms with E-state index in [1.54, 1.807) is 4.90 Å². The molecule has 2 amide bonds. The van der Waals surface area contributed by atoms with Gasteiger partial charge in [-0.25, -0.2) is 0 Å². The lowest BCUT2D eigenvalue weighted by molar-refractivity contribution is -0.151. The van der Waals surface area contributed by atoms with Crippen molar-refractivity contribution >= 4 is 11.8 Å². The zero-order valence-corrected chi connectivity index (χ0v) is 8.69. The van der Waals surface area contributed by atoms with Gasteiger partial charge in [0.2, 0.25) is 11.8 Å². The monoisotopic (exact) mass is 199 g/mol. The van der Waals surface area contributed by atoms with Crippen LogP contribution in [0.1, 0.15) is 13.8 Å². The summed E-state index contributed by atoms with van der Waals surface area (Å²) in [7, 11) is 0. The molecule has 80 valence electrons. The first kappa shape index (κ1) is 11.0. The smallest absolute Gasteiger partial charge is 0.242 e. The summed E-state index contributed by atoms with van der Waals surface area (Å²) in [5.41, 5.74) is 5.34. The maximum Gasteiger partial charge on any atom is 0.242 e. The number of hydrogen-bond acceptors (Lipinski definition) is 3. The summed E-state index contributed by atoms with van der Waals surface area (Å²) in [4.78, 5) is 26.2. The van der Waals surface area contributed by atoms with Gasteiger partial charge < -0.3 is 15.5 Å². The van der Waals surface area contributed by atoms with E-state index in [0.29, 0.717) is 13.1 Å². The largest absolute Gasteiger partial charge is 0.331 e. The summed E-state index contributed by atoms with van der Waals surface area (Å²) in [6.45, 7) is 5.05. The number of carbonyl (C=O) groups is 2. The zero-order chi connectivity index (χ0) is 10.7. The van der Waals surface area contributed by atoms with Crippen LogP contribution in [0.15, 0.2) is 0 Å². The highest BCUT2D eigenvalue weighted by Gasteiger charge is 2.30. The van der Waals surface area contributed by atoms with Crippen molar-refractivity contribution in [1.29, 1.82) is 0 Å². The van der Waals surface area contributed by atoms with Crippen LogP contribution >= 0.6 is 0 Å². The van der Waals surface area contributed by atoms with Crippen LogP contribution in [0.4, 0.5) is 0 Å². The van der Waals surface area contributed by atoms with Gasteiger partial charge in [-0.15, -0.1) is 0 Å². The van der Waals surface area contributed by atoms with Crippen molar-refractivity contribution in [3.8, 4) is 0 Å². The average molecular weight is 199 g/mol. The third kappa shape index (κ3) is 2.23. The van der Waals surface area contributed by atoms with Crippen LogP contribution in [-0.4, -0.2) is 53.8 Å². The molecule has 2 N–H and O–H groups in total. The van der Waals surface area contributed by atoms with E-state index in [1.807, 2.05) is 13.8 Å². The number of carbonyl (C=O) groups excluding carboxylic acids is 2. The number of hydrogen-bond donors (Lipinski definition) is 1. The molecule has 0 aliphatic carbocycles. The lowest BCUT2D eigenvalue weighted by Gasteiger charge is -2.35. The van der Waals surface area contributed by atoms with E-state index in [9.17, 15) is 9.59 Å². The second-order valence-electron chi connectivity index (χ2n) is 3.72. The molecule has 0 aromatic heterocycles. The molecule has 1 heterocycles. The van der Waals surface area contributed by atoms with Crippen LogP contribution < -0.4 is 5.73 Å². The summed E-state index contributed by atoms with van der Waals surface area (Å²) < 4.78 is 0. The van der Waals surface area contributed by atoms with Gasteiger partial charge in [-0.3, -0.25) is 9.59 Å². The average Bonchev–Trinajstić information content (AvgIpc) is 2.10. The van der Waals surface area contributed by atoms with Crippen LogP contribution in [-0.2, 0) is 9.59 Å². The highest BCUT2D eigenvalue weighted by molar-refractivity contribution is 5.92. The molecule has 0 saturated carbocycles. The second-order valence-corrected chi connectivity index (χ2v) is 3.72. The van der Waals surface area contributed by atoms with Gasteiger partial charge in [0.25, 0.3) is 0 Å². The van der Waals surface area contributed by atoms with E-state index in [1.165, 1.54) is 4.90 Å². The van der Waals surface area contributed by atoms with Crippen molar-refractivity contribution in [2.75, 3.05) is 26.2 Å². The van der Waals surface area contributed by atoms with Gasteiger partial charge in [-0.2, -0.15) is 0 Å². The molecule has 0 aromatic carbocycles. The number of nitrogens with two attached hydrogens (primary N) is 1. The van der Waals surface area contributed by atoms with Crippen LogP contribution in [0.25, 0.3) is 0 Å². The molecule has 1 rings (SSSR count). The van der Waals surface area contributed by atoms with Gasteiger partial charge in [-0.05, 0) is 13.8 Å². The summed E-state index contributed by atoms with van der Waals surface area (Å²) in [5, 5.41) is 0. The molecule has 0 bridgehead atoms. The molecule has 0 unspecified atom stereocenters. The minimum absolute atomic E-state index is 0.00745. The Morgan fingerprint density at radius 1 is 1.29 bits per heavy atom. The predicted octanol–water partition coefficient (Wildman–Crippen LogP) is -0.976. The van der Waals surface area contributed by atoms with Gasteiger partial charge >= 0.3 is 0 Å². The molecule has 1 aliphatic rings. The Morgan fingerprint density at radius 3 is 2.43 bits per heavy atom. The second kappa shape index (κ2) is 4.41. The number of rotatable bonds is 3. The Bertz CT molecular complexity index is 240. The molecule has 5 nitrogen and oxygen atoms in total. The van der Waals surface area contributed by atoms with Crippen molar-refractivity contribution in [2.24, 2.45) is 5.73 Å². The van der Waals surface area contributed by atoms with E-state index in [2.05, 4.69) is 0 Å². The van der Waals surface area contributed by atoms with Crippen molar-refractivity contribution < 1.29 is 9.59 Å². The van der Waals surface area contributed by atoms with Crippen LogP contribution in [0, 0.1) is 0 Å². The summed E-state index contributed by atoms with van der Waals surface area (Å²) in [5.74, 6) is -0.00296. The van der Waals surface area contributed by atoms with Crippen molar-refractivity contribution in [3.05, 3.63) is 0 Å². The van der Waals surface area contributed by atoms with Gasteiger partial charge in [0.05, 0.1) is 6.54 Å². The molecule has 5 heteroatoms. The Balaban J connectivity index is 2.62. The fourth-order valence-corrected chi connectivity index (χ4v) is 1.51. The van der Waals surface area contributed by atoms with E-state index >= 15 is 0 Å². The first-order valence-corrected chi connectivity index (χ1v) is 4.83. The SMILES string of the molecule is CC(C)N1CC(=O)N(CCN)CC1=O. The summed E-state index contributed by atoms with van der Waals surface area (Å²) in [6, 6.07) is 0.0893. The molecule has 1 saturated heterocycles. The quantitative estimate of drug-likeness (QED) is 0.635. The maximum atomic E-state index is 11.6. The summed E-state index contributed by atoms with van der Waals surface area (Å²) >= 11 is 0. The lowest BCUT2D eigenvalue weighted by Crippen LogP contribution is -2.56. The van der Waals surface area contributed by atoms with E-state index in [0.717, 1.165) is 0 Å². The minimum Gasteiger partial charge on any atom is -0.331 e. The minimum atomic E-state index is -0.0104. The fourth-order valence-electron chi connectivity index (χ4n) is 1.51. The number of amides is 2. The highest BCUT2D eigenvalue weighted by Crippen LogP contribution is 2.07. The standard InChI is InChI=1S/C9H17N3O2/c1-7(2)12-6-8(13)11(4-3-10)5-9(12)14/h7H,3-6,10H2,1-2H3. The van der Waals surface area contributed by atoms with Crippen LogP contribution in [0.5, 0.6) is 0 Å². The third-order valence-electron chi connectivity index (χ3n) is 2.33. The third-order valence-corrected chi connectivity index (χ3v) is 2.33. The molecular weight excluding hydrogens is 182 g/mol. The molecule has 0 radical (unpaired) electrons.